The molecule has 0 aromatic carbocycles. The van der Waals surface area contributed by atoms with E-state index in [0.717, 1.165) is 0 Å². The first kappa shape index (κ1) is 8.16. The summed E-state index contributed by atoms with van der Waals surface area (Å²) in [5, 5.41) is 8.64. The summed E-state index contributed by atoms with van der Waals surface area (Å²) in [7, 11) is 0. The zero-order chi connectivity index (χ0) is 6.95. The normalized spacial score (nSPS) is 8.89. The molecule has 0 unspecified atom stereocenters. The van der Waals surface area contributed by atoms with E-state index in [-0.39, 0.29) is 6.54 Å². The van der Waals surface area contributed by atoms with E-state index in [9.17, 15) is 4.91 Å². The van der Waals surface area contributed by atoms with Crippen molar-refractivity contribution in [2.45, 2.75) is 0 Å². The van der Waals surface area contributed by atoms with Gasteiger partial charge in [0.05, 0.1) is 13.1 Å². The Labute approximate surface area is 53.3 Å². The van der Waals surface area contributed by atoms with Crippen molar-refractivity contribution >= 4 is 0 Å². The second-order valence-electron chi connectivity index (χ2n) is 1.48. The first-order chi connectivity index (χ1) is 4.41. The molecule has 0 rings (SSSR count). The van der Waals surface area contributed by atoms with E-state index >= 15 is 0 Å². The summed E-state index contributed by atoms with van der Waals surface area (Å²) in [6.07, 6.45) is 0. The van der Waals surface area contributed by atoms with Gasteiger partial charge in [0, 0.05) is 13.1 Å². The van der Waals surface area contributed by atoms with E-state index in [1.807, 2.05) is 0 Å². The summed E-state index contributed by atoms with van der Waals surface area (Å²) in [6, 6.07) is 0. The maximum Gasteiger partial charge on any atom is 0.0935 e. The third-order valence-electron chi connectivity index (χ3n) is 0.780. The van der Waals surface area contributed by atoms with Gasteiger partial charge in [0.2, 0.25) is 0 Å². The van der Waals surface area contributed by atoms with Crippen molar-refractivity contribution in [1.82, 2.24) is 5.32 Å². The van der Waals surface area contributed by atoms with Gasteiger partial charge in [-0.1, -0.05) is 5.18 Å². The summed E-state index contributed by atoms with van der Waals surface area (Å²) in [5.41, 5.74) is 6.38. The number of hydrogen-bond donors (Lipinski definition) is 2. The Kier molecular flexibility index (Phi) is 6.49. The van der Waals surface area contributed by atoms with Crippen LogP contribution in [0.4, 0.5) is 0 Å². The Morgan fingerprint density at radius 1 is 1.33 bits per heavy atom. The molecule has 0 fully saturated rings. The summed E-state index contributed by atoms with van der Waals surface area (Å²) in [4.78, 5) is 9.49. The maximum atomic E-state index is 9.49. The van der Waals surface area contributed by atoms with Crippen molar-refractivity contribution in [1.29, 1.82) is 5.53 Å². The number of hydrogen-bond acceptors (Lipinski definition) is 5. The highest BCUT2D eigenvalue weighted by molar-refractivity contribution is 4.49. The third kappa shape index (κ3) is 7.16. The topological polar surface area (TPSA) is 77.7 Å². The first-order valence-corrected chi connectivity index (χ1v) is 2.75. The average molecular weight is 130 g/mol. The van der Waals surface area contributed by atoms with Crippen LogP contribution in [-0.4, -0.2) is 26.2 Å². The van der Waals surface area contributed by atoms with E-state index in [0.29, 0.717) is 19.6 Å². The lowest BCUT2D eigenvalue weighted by atomic mass is 10.6. The summed E-state index contributed by atoms with van der Waals surface area (Å²) in [6.45, 7) is 1.99. The molecule has 0 atom stereocenters. The minimum Gasteiger partial charge on any atom is -0.313 e. The summed E-state index contributed by atoms with van der Waals surface area (Å²) in [5.74, 6) is 0. The number of rotatable bonds is 6. The molecule has 9 heavy (non-hydrogen) atoms. The van der Waals surface area contributed by atoms with Crippen molar-refractivity contribution in [2.24, 2.45) is 10.3 Å². The van der Waals surface area contributed by atoms with E-state index in [4.69, 9.17) is 5.53 Å². The van der Waals surface area contributed by atoms with Crippen LogP contribution in [0.1, 0.15) is 0 Å². The van der Waals surface area contributed by atoms with Crippen LogP contribution in [0.15, 0.2) is 10.3 Å². The lowest BCUT2D eigenvalue weighted by Gasteiger charge is -1.94. The van der Waals surface area contributed by atoms with Crippen molar-refractivity contribution in [3.05, 3.63) is 4.91 Å². The largest absolute Gasteiger partial charge is 0.313 e. The predicted octanol–water partition coefficient (Wildman–Crippen LogP) is 0.373. The van der Waals surface area contributed by atoms with Crippen molar-refractivity contribution in [3.63, 3.8) is 0 Å². The van der Waals surface area contributed by atoms with Crippen LogP contribution in [0.25, 0.3) is 0 Å². The van der Waals surface area contributed by atoms with Gasteiger partial charge >= 0.3 is 0 Å². The fourth-order valence-electron chi connectivity index (χ4n) is 0.385. The number of nitroso groups, excluding NO2 is 1. The van der Waals surface area contributed by atoms with Gasteiger partial charge in [-0.2, -0.15) is 10.0 Å². The molecule has 0 aromatic heterocycles. The van der Waals surface area contributed by atoms with Crippen LogP contribution in [0.2, 0.25) is 0 Å². The molecule has 5 heteroatoms. The van der Waals surface area contributed by atoms with Gasteiger partial charge in [0.15, 0.2) is 0 Å². The number of nitrogens with zero attached hydrogens (tertiary/aromatic N) is 2. The molecule has 2 N–H and O–H groups in total. The summed E-state index contributed by atoms with van der Waals surface area (Å²) < 4.78 is 0. The highest BCUT2D eigenvalue weighted by Crippen LogP contribution is 1.66. The van der Waals surface area contributed by atoms with Gasteiger partial charge in [0.25, 0.3) is 0 Å². The summed E-state index contributed by atoms with van der Waals surface area (Å²) >= 11 is 0. The van der Waals surface area contributed by atoms with Crippen LogP contribution in [0.5, 0.6) is 0 Å². The van der Waals surface area contributed by atoms with Gasteiger partial charge in [0.1, 0.15) is 0 Å². The highest BCUT2D eigenvalue weighted by Gasteiger charge is 1.83. The lowest BCUT2D eigenvalue weighted by molar-refractivity contribution is 0.680. The molecule has 0 saturated carbocycles. The van der Waals surface area contributed by atoms with E-state index in [1.165, 1.54) is 0 Å². The monoisotopic (exact) mass is 130 g/mol. The van der Waals surface area contributed by atoms with Crippen LogP contribution >= 0.6 is 0 Å². The SMILES string of the molecule is N=NCCNCCN=O. The standard InChI is InChI=1S/C4H10N4O/c5-7-3-1-6-2-4-8-9/h5-6H,1-4H2. The quantitative estimate of drug-likeness (QED) is 0.309. The highest BCUT2D eigenvalue weighted by atomic mass is 16.3. The molecule has 0 amide bonds. The van der Waals surface area contributed by atoms with Crippen LogP contribution in [0, 0.1) is 10.4 Å². The molecule has 0 aliphatic carbocycles. The van der Waals surface area contributed by atoms with E-state index in [2.05, 4.69) is 15.6 Å². The van der Waals surface area contributed by atoms with E-state index < -0.39 is 0 Å². The fourth-order valence-corrected chi connectivity index (χ4v) is 0.385. The molecule has 5 nitrogen and oxygen atoms in total. The predicted molar refractivity (Wildman–Crippen MR) is 33.5 cm³/mol. The lowest BCUT2D eigenvalue weighted by Crippen LogP contribution is -2.20. The van der Waals surface area contributed by atoms with Crippen LogP contribution in [0.3, 0.4) is 0 Å². The van der Waals surface area contributed by atoms with Crippen molar-refractivity contribution in [3.8, 4) is 0 Å². The minimum absolute atomic E-state index is 0.290. The molecule has 0 aliphatic heterocycles. The molecule has 0 saturated heterocycles. The molecular weight excluding hydrogens is 120 g/mol. The van der Waals surface area contributed by atoms with Gasteiger partial charge in [-0.05, 0) is 0 Å². The molecule has 0 bridgehead atoms. The van der Waals surface area contributed by atoms with Gasteiger partial charge in [-0.25, -0.2) is 5.53 Å². The van der Waals surface area contributed by atoms with Crippen molar-refractivity contribution < 1.29 is 0 Å². The zero-order valence-electron chi connectivity index (χ0n) is 5.13. The van der Waals surface area contributed by atoms with Gasteiger partial charge < -0.3 is 5.32 Å². The fraction of sp³-hybridized carbons (Fsp3) is 1.00. The Morgan fingerprint density at radius 3 is 2.56 bits per heavy atom. The maximum absolute atomic E-state index is 9.49. The number of nitrogens with one attached hydrogen (secondary N) is 2. The molecular formula is C4H10N4O. The second kappa shape index (κ2) is 7.16. The van der Waals surface area contributed by atoms with Gasteiger partial charge in [-0.15, -0.1) is 0 Å². The Morgan fingerprint density at radius 2 is 2.00 bits per heavy atom. The van der Waals surface area contributed by atoms with Gasteiger partial charge in [-0.3, -0.25) is 0 Å². The molecule has 0 heterocycles. The van der Waals surface area contributed by atoms with Crippen LogP contribution in [-0.2, 0) is 0 Å². The molecule has 52 valence electrons. The Hall–Kier alpha value is -0.840. The van der Waals surface area contributed by atoms with Crippen molar-refractivity contribution in [2.75, 3.05) is 26.2 Å². The average Bonchev–Trinajstić information content (AvgIpc) is 1.89. The molecule has 0 aromatic rings. The molecule has 0 aliphatic rings. The smallest absolute Gasteiger partial charge is 0.0935 e. The van der Waals surface area contributed by atoms with E-state index in [1.54, 1.807) is 0 Å². The minimum atomic E-state index is 0.290. The third-order valence-corrected chi connectivity index (χ3v) is 0.780. The zero-order valence-corrected chi connectivity index (χ0v) is 5.13. The molecule has 0 radical (unpaired) electrons. The Bertz CT molecular complexity index is 74.6. The van der Waals surface area contributed by atoms with Crippen LogP contribution < -0.4 is 5.32 Å². The molecule has 0 spiro atoms. The first-order valence-electron chi connectivity index (χ1n) is 2.75. The second-order valence-corrected chi connectivity index (χ2v) is 1.48. The Balaban J connectivity index is 2.74.